The van der Waals surface area contributed by atoms with E-state index in [0.29, 0.717) is 22.8 Å². The van der Waals surface area contributed by atoms with Gasteiger partial charge in [-0.3, -0.25) is 19.4 Å². The quantitative estimate of drug-likeness (QED) is 0.271. The summed E-state index contributed by atoms with van der Waals surface area (Å²) >= 11 is 0. The molecule has 0 aromatic heterocycles. The highest BCUT2D eigenvalue weighted by Gasteiger charge is 2.54. The number of aliphatic imine (C=N–C) groups is 1. The first-order valence-corrected chi connectivity index (χ1v) is 16.7. The number of allylic oxidation sites excluding steroid dienone is 1. The summed E-state index contributed by atoms with van der Waals surface area (Å²) in [5, 5.41) is 11.6. The SMILES string of the molecule is CCC(C)(C)C1CCC2(CC1)N=C(c1cccc(F)c1)C(=O)N2[C@H](CCC(C)(C)C)C1C=CC(C(=O)NCCC(=O)O)=CC1C. The normalized spacial score (nSPS) is 26.1. The van der Waals surface area contributed by atoms with Crippen LogP contribution in [0, 0.1) is 34.4 Å². The Balaban J connectivity index is 1.71. The lowest BCUT2D eigenvalue weighted by atomic mass is 9.67. The highest BCUT2D eigenvalue weighted by molar-refractivity contribution is 6.46. The van der Waals surface area contributed by atoms with Gasteiger partial charge in [0.1, 0.15) is 17.2 Å². The molecule has 1 aromatic rings. The van der Waals surface area contributed by atoms with E-state index in [0.717, 1.165) is 44.9 Å². The zero-order valence-corrected chi connectivity index (χ0v) is 28.2. The number of hydrogen-bond donors (Lipinski definition) is 2. The van der Waals surface area contributed by atoms with Gasteiger partial charge in [0.25, 0.3) is 11.8 Å². The van der Waals surface area contributed by atoms with Crippen LogP contribution in [-0.4, -0.2) is 51.8 Å². The van der Waals surface area contributed by atoms with Gasteiger partial charge in [-0.25, -0.2) is 4.39 Å². The van der Waals surface area contributed by atoms with E-state index in [-0.39, 0.29) is 53.5 Å². The lowest BCUT2D eigenvalue weighted by Crippen LogP contribution is -2.57. The molecule has 1 heterocycles. The van der Waals surface area contributed by atoms with Crippen molar-refractivity contribution in [3.63, 3.8) is 0 Å². The van der Waals surface area contributed by atoms with Crippen LogP contribution in [-0.2, 0) is 14.4 Å². The number of hydrogen-bond acceptors (Lipinski definition) is 4. The number of carboxylic acids is 1. The van der Waals surface area contributed by atoms with Gasteiger partial charge in [0.05, 0.1) is 6.42 Å². The summed E-state index contributed by atoms with van der Waals surface area (Å²) in [6, 6.07) is 6.02. The van der Waals surface area contributed by atoms with Crippen LogP contribution in [0.1, 0.15) is 105 Å². The minimum atomic E-state index is -0.963. The highest BCUT2D eigenvalue weighted by atomic mass is 19.1. The summed E-state index contributed by atoms with van der Waals surface area (Å²) in [6.07, 6.45) is 11.9. The van der Waals surface area contributed by atoms with Gasteiger partial charge in [0.15, 0.2) is 0 Å². The zero-order valence-electron chi connectivity index (χ0n) is 28.2. The van der Waals surface area contributed by atoms with Crippen LogP contribution < -0.4 is 5.32 Å². The van der Waals surface area contributed by atoms with Gasteiger partial charge in [-0.1, -0.05) is 85.2 Å². The topological polar surface area (TPSA) is 99.1 Å². The molecular weight excluding hydrogens is 569 g/mol. The summed E-state index contributed by atoms with van der Waals surface area (Å²) in [7, 11) is 0. The number of halogens is 1. The summed E-state index contributed by atoms with van der Waals surface area (Å²) in [5.41, 5.74) is 0.886. The van der Waals surface area contributed by atoms with Gasteiger partial charge in [-0.15, -0.1) is 0 Å². The van der Waals surface area contributed by atoms with Crippen molar-refractivity contribution in [3.05, 3.63) is 59.4 Å². The predicted octanol–water partition coefficient (Wildman–Crippen LogP) is 7.31. The van der Waals surface area contributed by atoms with Crippen LogP contribution in [0.25, 0.3) is 0 Å². The summed E-state index contributed by atoms with van der Waals surface area (Å²) < 4.78 is 14.4. The predicted molar refractivity (Wildman–Crippen MR) is 176 cm³/mol. The zero-order chi connectivity index (χ0) is 33.2. The maximum atomic E-state index is 14.6. The number of nitrogens with zero attached hydrogens (tertiary/aromatic N) is 2. The van der Waals surface area contributed by atoms with E-state index in [1.54, 1.807) is 12.1 Å². The van der Waals surface area contributed by atoms with Crippen molar-refractivity contribution >= 4 is 23.5 Å². The van der Waals surface area contributed by atoms with Crippen LogP contribution in [0.5, 0.6) is 0 Å². The molecule has 2 N–H and O–H groups in total. The number of amides is 2. The van der Waals surface area contributed by atoms with Gasteiger partial charge < -0.3 is 15.3 Å². The lowest BCUT2D eigenvalue weighted by Gasteiger charge is -2.50. The van der Waals surface area contributed by atoms with Crippen LogP contribution in [0.2, 0.25) is 0 Å². The first-order chi connectivity index (χ1) is 21.1. The van der Waals surface area contributed by atoms with Gasteiger partial charge in [-0.05, 0) is 73.3 Å². The van der Waals surface area contributed by atoms with Crippen molar-refractivity contribution < 1.29 is 23.9 Å². The van der Waals surface area contributed by atoms with Crippen LogP contribution in [0.4, 0.5) is 4.39 Å². The molecule has 8 heteroatoms. The molecule has 45 heavy (non-hydrogen) atoms. The minimum Gasteiger partial charge on any atom is -0.481 e. The molecule has 2 aliphatic carbocycles. The highest BCUT2D eigenvalue weighted by Crippen LogP contribution is 2.50. The fraction of sp³-hybridized carbons (Fsp3) is 0.622. The molecule has 246 valence electrons. The van der Waals surface area contributed by atoms with E-state index in [1.165, 1.54) is 12.1 Å². The molecule has 3 atom stereocenters. The van der Waals surface area contributed by atoms with Crippen LogP contribution in [0.3, 0.4) is 0 Å². The summed E-state index contributed by atoms with van der Waals surface area (Å²) in [6.45, 7) is 15.7. The Morgan fingerprint density at radius 1 is 1.18 bits per heavy atom. The third-order valence-corrected chi connectivity index (χ3v) is 10.5. The molecule has 2 amide bonds. The first-order valence-electron chi connectivity index (χ1n) is 16.7. The second-order valence-electron chi connectivity index (χ2n) is 15.2. The Hall–Kier alpha value is -3.29. The number of carboxylic acid groups (broad SMARTS) is 1. The number of carbonyl (C=O) groups is 3. The molecule has 1 aliphatic heterocycles. The van der Waals surface area contributed by atoms with E-state index in [4.69, 9.17) is 10.1 Å². The molecule has 1 fully saturated rings. The van der Waals surface area contributed by atoms with E-state index in [1.807, 2.05) is 12.2 Å². The monoisotopic (exact) mass is 621 g/mol. The first kappa shape index (κ1) is 34.6. The number of aliphatic carboxylic acids is 1. The largest absolute Gasteiger partial charge is 0.481 e. The van der Waals surface area contributed by atoms with Gasteiger partial charge in [0, 0.05) is 29.6 Å². The smallest absolute Gasteiger partial charge is 0.305 e. The lowest BCUT2D eigenvalue weighted by molar-refractivity contribution is -0.137. The maximum Gasteiger partial charge on any atom is 0.305 e. The second-order valence-corrected chi connectivity index (χ2v) is 15.2. The Kier molecular flexibility index (Phi) is 10.4. The average Bonchev–Trinajstić information content (AvgIpc) is 3.24. The van der Waals surface area contributed by atoms with Crippen molar-refractivity contribution in [2.45, 2.75) is 112 Å². The summed E-state index contributed by atoms with van der Waals surface area (Å²) in [5.74, 6) is -1.38. The molecular formula is C37H52FN3O4. The Bertz CT molecular complexity index is 1360. The van der Waals surface area contributed by atoms with Gasteiger partial charge in [-0.2, -0.15) is 0 Å². The molecule has 4 rings (SSSR count). The van der Waals surface area contributed by atoms with Crippen molar-refractivity contribution in [3.8, 4) is 0 Å². The number of carbonyl (C=O) groups excluding carboxylic acids is 2. The van der Waals surface area contributed by atoms with E-state index in [9.17, 15) is 18.8 Å². The maximum absolute atomic E-state index is 14.6. The number of rotatable bonds is 11. The van der Waals surface area contributed by atoms with Crippen LogP contribution in [0.15, 0.2) is 53.1 Å². The summed E-state index contributed by atoms with van der Waals surface area (Å²) in [4.78, 5) is 45.7. The number of benzene rings is 1. The van der Waals surface area contributed by atoms with Gasteiger partial charge >= 0.3 is 5.97 Å². The standard InChI is InChI=1S/C37H52FN3O4/c1-8-36(6,7)27-14-19-37(20-15-27)40-32(25-10-9-11-28(38)23-25)34(45)41(37)30(16-18-35(3,4)5)29-13-12-26(22-24(29)2)33(44)39-21-17-31(42)43/h9-13,22-24,27,29-30H,8,14-21H2,1-7H3,(H,39,44)(H,42,43)/t24?,27?,29?,30-,37?/m1/s1. The molecule has 3 aliphatic rings. The van der Waals surface area contributed by atoms with Crippen molar-refractivity contribution in [1.29, 1.82) is 0 Å². The van der Waals surface area contributed by atoms with Crippen molar-refractivity contribution in [2.24, 2.45) is 33.6 Å². The molecule has 0 saturated heterocycles. The number of nitrogens with one attached hydrogen (secondary N) is 1. The van der Waals surface area contributed by atoms with Gasteiger partial charge in [0.2, 0.25) is 0 Å². The minimum absolute atomic E-state index is 0.0376. The molecule has 1 saturated carbocycles. The molecule has 0 bridgehead atoms. The molecule has 2 unspecified atom stereocenters. The Morgan fingerprint density at radius 3 is 2.44 bits per heavy atom. The third-order valence-electron chi connectivity index (χ3n) is 10.5. The third kappa shape index (κ3) is 7.93. The Morgan fingerprint density at radius 2 is 1.87 bits per heavy atom. The van der Waals surface area contributed by atoms with Crippen molar-refractivity contribution in [1.82, 2.24) is 10.2 Å². The second kappa shape index (κ2) is 13.6. The average molecular weight is 622 g/mol. The van der Waals surface area contributed by atoms with E-state index < -0.39 is 17.4 Å². The molecule has 0 radical (unpaired) electrons. The van der Waals surface area contributed by atoms with E-state index in [2.05, 4.69) is 64.8 Å². The fourth-order valence-corrected chi connectivity index (χ4v) is 7.33. The van der Waals surface area contributed by atoms with Crippen molar-refractivity contribution in [2.75, 3.05) is 6.54 Å². The molecule has 7 nitrogen and oxygen atoms in total. The van der Waals surface area contributed by atoms with Crippen LogP contribution >= 0.6 is 0 Å². The fourth-order valence-electron chi connectivity index (χ4n) is 7.33. The Labute approximate surface area is 268 Å². The molecule has 1 spiro atoms. The van der Waals surface area contributed by atoms with E-state index >= 15 is 0 Å². The molecule has 1 aromatic carbocycles.